The van der Waals surface area contributed by atoms with Crippen molar-refractivity contribution in [3.63, 3.8) is 0 Å². The van der Waals surface area contributed by atoms with E-state index in [1.165, 1.54) is 0 Å². The monoisotopic (exact) mass is 293 g/mol. The fourth-order valence-electron chi connectivity index (χ4n) is 1.87. The van der Waals surface area contributed by atoms with Gasteiger partial charge in [0, 0.05) is 15.6 Å². The highest BCUT2D eigenvalue weighted by molar-refractivity contribution is 7.84. The minimum Gasteiger partial charge on any atom is -0.398 e. The average Bonchev–Trinajstić information content (AvgIpc) is 2.36. The van der Waals surface area contributed by atoms with E-state index in [4.69, 9.17) is 17.3 Å². The Morgan fingerprint density at radius 1 is 1.16 bits per heavy atom. The fourth-order valence-corrected chi connectivity index (χ4v) is 3.50. The van der Waals surface area contributed by atoms with E-state index in [-0.39, 0.29) is 0 Å². The summed E-state index contributed by atoms with van der Waals surface area (Å²) in [6.45, 7) is 3.96. The molecule has 1 unspecified atom stereocenters. The molecule has 2 N–H and O–H groups in total. The zero-order valence-electron chi connectivity index (χ0n) is 10.9. The Morgan fingerprint density at radius 2 is 1.89 bits per heavy atom. The summed E-state index contributed by atoms with van der Waals surface area (Å²) in [5.74, 6) is 0.386. The van der Waals surface area contributed by atoms with Crippen LogP contribution < -0.4 is 5.73 Å². The number of aryl methyl sites for hydroxylation is 2. The minimum absolute atomic E-state index is 0.386. The van der Waals surface area contributed by atoms with E-state index in [0.717, 1.165) is 21.6 Å². The lowest BCUT2D eigenvalue weighted by atomic mass is 10.2. The molecule has 0 heterocycles. The first kappa shape index (κ1) is 14.1. The topological polar surface area (TPSA) is 43.1 Å². The zero-order valence-corrected chi connectivity index (χ0v) is 12.5. The number of benzene rings is 2. The summed E-state index contributed by atoms with van der Waals surface area (Å²) >= 11 is 5.95. The van der Waals surface area contributed by atoms with Gasteiger partial charge in [0.15, 0.2) is 0 Å². The van der Waals surface area contributed by atoms with Crippen LogP contribution in [0.1, 0.15) is 16.7 Å². The number of rotatable bonds is 3. The second-order valence-corrected chi connectivity index (χ2v) is 6.46. The highest BCUT2D eigenvalue weighted by Gasteiger charge is 2.11. The van der Waals surface area contributed by atoms with Gasteiger partial charge in [0.25, 0.3) is 0 Å². The van der Waals surface area contributed by atoms with Gasteiger partial charge in [-0.25, -0.2) is 0 Å². The van der Waals surface area contributed by atoms with Crippen molar-refractivity contribution < 1.29 is 4.21 Å². The summed E-state index contributed by atoms with van der Waals surface area (Å²) in [6.07, 6.45) is 0. The maximum absolute atomic E-state index is 12.5. The third-order valence-corrected chi connectivity index (χ3v) is 4.72. The van der Waals surface area contributed by atoms with Crippen LogP contribution in [0.2, 0.25) is 5.02 Å². The van der Waals surface area contributed by atoms with Crippen molar-refractivity contribution in [2.24, 2.45) is 0 Å². The highest BCUT2D eigenvalue weighted by atomic mass is 35.5. The summed E-state index contributed by atoms with van der Waals surface area (Å²) in [5.41, 5.74) is 9.48. The van der Waals surface area contributed by atoms with E-state index < -0.39 is 10.8 Å². The van der Waals surface area contributed by atoms with E-state index in [9.17, 15) is 4.21 Å². The molecular weight excluding hydrogens is 278 g/mol. The van der Waals surface area contributed by atoms with Crippen LogP contribution in [0.3, 0.4) is 0 Å². The second kappa shape index (κ2) is 5.76. The lowest BCUT2D eigenvalue weighted by Gasteiger charge is -2.09. The van der Waals surface area contributed by atoms with Gasteiger partial charge < -0.3 is 5.73 Å². The molecule has 0 aromatic heterocycles. The normalized spacial score (nSPS) is 12.4. The standard InChI is InChI=1S/C15H16ClNOS/c1-10-3-4-11(2)15(7-10)19(18)9-12-8-13(16)5-6-14(12)17/h3-8H,9,17H2,1-2H3. The third-order valence-electron chi connectivity index (χ3n) is 2.98. The van der Waals surface area contributed by atoms with Crippen molar-refractivity contribution in [3.8, 4) is 0 Å². The molecule has 2 aromatic rings. The van der Waals surface area contributed by atoms with Gasteiger partial charge in [-0.05, 0) is 54.8 Å². The first-order chi connectivity index (χ1) is 8.97. The predicted octanol–water partition coefficient (Wildman–Crippen LogP) is 3.85. The molecule has 2 nitrogen and oxygen atoms in total. The number of hydrogen-bond acceptors (Lipinski definition) is 2. The van der Waals surface area contributed by atoms with Gasteiger partial charge in [0.2, 0.25) is 0 Å². The molecule has 1 atom stereocenters. The SMILES string of the molecule is Cc1ccc(C)c(S(=O)Cc2cc(Cl)ccc2N)c1. The summed E-state index contributed by atoms with van der Waals surface area (Å²) < 4.78 is 12.5. The van der Waals surface area contributed by atoms with E-state index in [0.29, 0.717) is 16.5 Å². The molecule has 4 heteroatoms. The Morgan fingerprint density at radius 3 is 2.63 bits per heavy atom. The molecule has 19 heavy (non-hydrogen) atoms. The Balaban J connectivity index is 2.30. The van der Waals surface area contributed by atoms with Crippen LogP contribution in [-0.2, 0) is 16.6 Å². The van der Waals surface area contributed by atoms with Crippen molar-refractivity contribution in [2.45, 2.75) is 24.5 Å². The Kier molecular flexibility index (Phi) is 4.27. The molecule has 0 radical (unpaired) electrons. The van der Waals surface area contributed by atoms with Crippen molar-refractivity contribution in [1.29, 1.82) is 0 Å². The zero-order chi connectivity index (χ0) is 14.0. The van der Waals surface area contributed by atoms with Gasteiger partial charge in [0.1, 0.15) is 0 Å². The van der Waals surface area contributed by atoms with Crippen LogP contribution in [0, 0.1) is 13.8 Å². The first-order valence-corrected chi connectivity index (χ1v) is 7.66. The summed E-state index contributed by atoms with van der Waals surface area (Å²) in [4.78, 5) is 0.861. The van der Waals surface area contributed by atoms with Gasteiger partial charge in [-0.1, -0.05) is 23.7 Å². The van der Waals surface area contributed by atoms with Gasteiger partial charge in [-0.3, -0.25) is 4.21 Å². The minimum atomic E-state index is -1.11. The molecule has 2 rings (SSSR count). The molecule has 0 aliphatic heterocycles. The van der Waals surface area contributed by atoms with Crippen LogP contribution in [0.4, 0.5) is 5.69 Å². The fraction of sp³-hybridized carbons (Fsp3) is 0.200. The average molecular weight is 294 g/mol. The second-order valence-electron chi connectivity index (χ2n) is 4.60. The smallest absolute Gasteiger partial charge is 0.0577 e. The van der Waals surface area contributed by atoms with Gasteiger partial charge in [-0.15, -0.1) is 0 Å². The van der Waals surface area contributed by atoms with Crippen molar-refractivity contribution in [2.75, 3.05) is 5.73 Å². The molecular formula is C15H16ClNOS. The molecule has 0 aliphatic carbocycles. The van der Waals surface area contributed by atoms with Crippen LogP contribution in [-0.4, -0.2) is 4.21 Å². The van der Waals surface area contributed by atoms with Crippen LogP contribution in [0.5, 0.6) is 0 Å². The van der Waals surface area contributed by atoms with Crippen molar-refractivity contribution in [3.05, 3.63) is 58.1 Å². The number of nitrogen functional groups attached to an aromatic ring is 1. The molecule has 0 amide bonds. The molecule has 2 aromatic carbocycles. The Labute approximate surface area is 121 Å². The van der Waals surface area contributed by atoms with Crippen molar-refractivity contribution in [1.82, 2.24) is 0 Å². The quantitative estimate of drug-likeness (QED) is 0.874. The maximum Gasteiger partial charge on any atom is 0.0577 e. The highest BCUT2D eigenvalue weighted by Crippen LogP contribution is 2.23. The number of nitrogens with two attached hydrogens (primary N) is 1. The maximum atomic E-state index is 12.5. The number of anilines is 1. The molecule has 100 valence electrons. The molecule has 0 bridgehead atoms. The third kappa shape index (κ3) is 3.37. The van der Waals surface area contributed by atoms with Crippen molar-refractivity contribution >= 4 is 28.1 Å². The molecule has 0 saturated heterocycles. The number of hydrogen-bond donors (Lipinski definition) is 1. The molecule has 0 aliphatic rings. The van der Waals surface area contributed by atoms with Gasteiger partial charge in [-0.2, -0.15) is 0 Å². The lowest BCUT2D eigenvalue weighted by Crippen LogP contribution is -2.02. The predicted molar refractivity (Wildman–Crippen MR) is 81.9 cm³/mol. The van der Waals surface area contributed by atoms with Gasteiger partial charge >= 0.3 is 0 Å². The van der Waals surface area contributed by atoms with Crippen LogP contribution in [0.15, 0.2) is 41.3 Å². The number of halogens is 1. The molecule has 0 spiro atoms. The molecule has 0 fully saturated rings. The van der Waals surface area contributed by atoms with Crippen LogP contribution >= 0.6 is 11.6 Å². The molecule has 0 saturated carbocycles. The van der Waals surface area contributed by atoms with Gasteiger partial charge in [0.05, 0.1) is 16.6 Å². The van der Waals surface area contributed by atoms with Crippen LogP contribution in [0.25, 0.3) is 0 Å². The van der Waals surface area contributed by atoms with E-state index >= 15 is 0 Å². The summed E-state index contributed by atoms with van der Waals surface area (Å²) in [7, 11) is -1.11. The Bertz CT molecular complexity index is 640. The van der Waals surface area contributed by atoms with E-state index in [2.05, 4.69) is 0 Å². The van der Waals surface area contributed by atoms with E-state index in [1.54, 1.807) is 18.2 Å². The summed E-state index contributed by atoms with van der Waals surface area (Å²) in [6, 6.07) is 11.2. The van der Waals surface area contributed by atoms with E-state index in [1.807, 2.05) is 32.0 Å². The lowest BCUT2D eigenvalue weighted by molar-refractivity contribution is 0.682. The first-order valence-electron chi connectivity index (χ1n) is 5.97. The Hall–Kier alpha value is -1.32. The largest absolute Gasteiger partial charge is 0.398 e. The summed E-state index contributed by atoms with van der Waals surface area (Å²) in [5, 5.41) is 0.613.